The summed E-state index contributed by atoms with van der Waals surface area (Å²) in [5.41, 5.74) is 1.85. The van der Waals surface area contributed by atoms with Crippen molar-refractivity contribution in [1.82, 2.24) is 0 Å². The van der Waals surface area contributed by atoms with Crippen molar-refractivity contribution in [2.45, 2.75) is 39.3 Å². The minimum Gasteiger partial charge on any atom is -0.544 e. The Morgan fingerprint density at radius 2 is 1.33 bits per heavy atom. The highest BCUT2D eigenvalue weighted by molar-refractivity contribution is 6.70. The molecule has 1 heterocycles. The Morgan fingerprint density at radius 1 is 0.778 bits per heavy atom. The second-order valence-electron chi connectivity index (χ2n) is 8.59. The lowest BCUT2D eigenvalue weighted by Crippen LogP contribution is -2.29. The highest BCUT2D eigenvalue weighted by Crippen LogP contribution is 2.26. The lowest BCUT2D eigenvalue weighted by Gasteiger charge is -2.19. The van der Waals surface area contributed by atoms with Gasteiger partial charge in [0.2, 0.25) is 16.6 Å². The van der Waals surface area contributed by atoms with Crippen LogP contribution < -0.4 is 14.3 Å². The monoisotopic (exact) mass is 398 g/mol. The standard InChI is InChI=1S/C21H26O4Si2/c1-26(2,3)24-16-9-7-15(8-10-16)19-14-23-20-13-17(25-27(4,5)6)11-12-18(20)21(19)22/h7-14H,1-6H3. The Kier molecular flexibility index (Phi) is 5.05. The van der Waals surface area contributed by atoms with Crippen LogP contribution in [0.25, 0.3) is 22.1 Å². The molecule has 0 aliphatic rings. The zero-order valence-corrected chi connectivity index (χ0v) is 18.8. The van der Waals surface area contributed by atoms with Gasteiger partial charge in [-0.05, 0) is 69.1 Å². The van der Waals surface area contributed by atoms with E-state index < -0.39 is 16.6 Å². The lowest BCUT2D eigenvalue weighted by atomic mass is 10.1. The van der Waals surface area contributed by atoms with Crippen LogP contribution in [0.3, 0.4) is 0 Å². The molecule has 0 bridgehead atoms. The molecule has 3 aromatic rings. The van der Waals surface area contributed by atoms with E-state index in [4.69, 9.17) is 13.3 Å². The molecule has 0 radical (unpaired) electrons. The minimum absolute atomic E-state index is 0.0466. The van der Waals surface area contributed by atoms with Crippen LogP contribution in [0.4, 0.5) is 0 Å². The van der Waals surface area contributed by atoms with Gasteiger partial charge in [-0.3, -0.25) is 4.79 Å². The molecule has 3 rings (SSSR count). The maximum atomic E-state index is 12.9. The van der Waals surface area contributed by atoms with Crippen LogP contribution in [0.5, 0.6) is 11.5 Å². The highest BCUT2D eigenvalue weighted by Gasteiger charge is 2.18. The fourth-order valence-corrected chi connectivity index (χ4v) is 4.46. The Labute approximate surface area is 162 Å². The number of rotatable bonds is 5. The van der Waals surface area contributed by atoms with Gasteiger partial charge in [-0.2, -0.15) is 0 Å². The van der Waals surface area contributed by atoms with Crippen molar-refractivity contribution in [2.24, 2.45) is 0 Å². The minimum atomic E-state index is -1.71. The first kappa shape index (κ1) is 19.4. The molecule has 2 aromatic carbocycles. The molecule has 0 saturated carbocycles. The van der Waals surface area contributed by atoms with Crippen molar-refractivity contribution >= 4 is 27.6 Å². The number of hydrogen-bond donors (Lipinski definition) is 0. The van der Waals surface area contributed by atoms with E-state index in [0.29, 0.717) is 16.5 Å². The Hall–Kier alpha value is -2.32. The molecule has 27 heavy (non-hydrogen) atoms. The molecule has 0 atom stereocenters. The lowest BCUT2D eigenvalue weighted by molar-refractivity contribution is 0.552. The van der Waals surface area contributed by atoms with Gasteiger partial charge in [0.1, 0.15) is 23.3 Å². The van der Waals surface area contributed by atoms with Crippen molar-refractivity contribution in [1.29, 1.82) is 0 Å². The SMILES string of the molecule is C[Si](C)(C)Oc1ccc(-c2coc3cc(O[Si](C)(C)C)ccc3c2=O)cc1. The molecule has 0 spiro atoms. The summed E-state index contributed by atoms with van der Waals surface area (Å²) < 4.78 is 17.7. The maximum absolute atomic E-state index is 12.9. The van der Waals surface area contributed by atoms with Crippen LogP contribution in [0.2, 0.25) is 39.3 Å². The van der Waals surface area contributed by atoms with Crippen LogP contribution in [0.1, 0.15) is 0 Å². The topological polar surface area (TPSA) is 48.7 Å². The molecule has 142 valence electrons. The fraction of sp³-hybridized carbons (Fsp3) is 0.286. The third-order valence-corrected chi connectivity index (χ3v) is 5.46. The van der Waals surface area contributed by atoms with Crippen molar-refractivity contribution in [3.05, 3.63) is 59.0 Å². The van der Waals surface area contributed by atoms with Crippen LogP contribution in [0.15, 0.2) is 57.9 Å². The van der Waals surface area contributed by atoms with Gasteiger partial charge in [-0.15, -0.1) is 0 Å². The first-order valence-corrected chi connectivity index (χ1v) is 15.9. The smallest absolute Gasteiger partial charge is 0.242 e. The van der Waals surface area contributed by atoms with Gasteiger partial charge >= 0.3 is 0 Å². The van der Waals surface area contributed by atoms with Crippen molar-refractivity contribution in [3.63, 3.8) is 0 Å². The van der Waals surface area contributed by atoms with Crippen LogP contribution in [0, 0.1) is 0 Å². The fourth-order valence-electron chi connectivity index (χ4n) is 2.78. The van der Waals surface area contributed by atoms with E-state index in [-0.39, 0.29) is 5.43 Å². The largest absolute Gasteiger partial charge is 0.544 e. The first-order chi connectivity index (χ1) is 12.5. The second-order valence-corrected chi connectivity index (χ2v) is 17.4. The van der Waals surface area contributed by atoms with Crippen LogP contribution >= 0.6 is 0 Å². The van der Waals surface area contributed by atoms with Gasteiger partial charge < -0.3 is 13.3 Å². The zero-order chi connectivity index (χ0) is 19.8. The van der Waals surface area contributed by atoms with Gasteiger partial charge in [0.15, 0.2) is 5.43 Å². The third-order valence-electron chi connectivity index (χ3n) is 3.76. The Balaban J connectivity index is 1.95. The Bertz CT molecular complexity index is 1010. The van der Waals surface area contributed by atoms with Crippen molar-refractivity contribution in [3.8, 4) is 22.6 Å². The molecule has 0 aliphatic carbocycles. The first-order valence-electron chi connectivity index (χ1n) is 9.06. The van der Waals surface area contributed by atoms with E-state index in [9.17, 15) is 4.79 Å². The summed E-state index contributed by atoms with van der Waals surface area (Å²) >= 11 is 0. The van der Waals surface area contributed by atoms with Crippen molar-refractivity contribution < 1.29 is 13.3 Å². The van der Waals surface area contributed by atoms with E-state index in [0.717, 1.165) is 17.1 Å². The highest BCUT2D eigenvalue weighted by atomic mass is 28.4. The van der Waals surface area contributed by atoms with Crippen LogP contribution in [-0.4, -0.2) is 16.6 Å². The molecule has 0 fully saturated rings. The molecule has 0 amide bonds. The van der Waals surface area contributed by atoms with E-state index >= 15 is 0 Å². The van der Waals surface area contributed by atoms with Gasteiger partial charge in [-0.1, -0.05) is 12.1 Å². The molecule has 0 N–H and O–H groups in total. The van der Waals surface area contributed by atoms with Gasteiger partial charge in [0, 0.05) is 6.07 Å². The zero-order valence-electron chi connectivity index (χ0n) is 16.8. The molecule has 0 unspecified atom stereocenters. The predicted octanol–water partition coefficient (Wildman–Crippen LogP) is 5.89. The maximum Gasteiger partial charge on any atom is 0.242 e. The molecule has 0 saturated heterocycles. The van der Waals surface area contributed by atoms with E-state index in [1.165, 1.54) is 6.26 Å². The average molecular weight is 399 g/mol. The van der Waals surface area contributed by atoms with Crippen LogP contribution in [-0.2, 0) is 0 Å². The molecular weight excluding hydrogens is 372 g/mol. The predicted molar refractivity (Wildman–Crippen MR) is 116 cm³/mol. The number of fused-ring (bicyclic) bond motifs is 1. The summed E-state index contributed by atoms with van der Waals surface area (Å²) in [5.74, 6) is 1.57. The van der Waals surface area contributed by atoms with Gasteiger partial charge in [0.25, 0.3) is 0 Å². The third kappa shape index (κ3) is 4.90. The summed E-state index contributed by atoms with van der Waals surface area (Å²) in [5, 5.41) is 0.554. The second kappa shape index (κ2) is 7.01. The molecule has 4 nitrogen and oxygen atoms in total. The molecule has 6 heteroatoms. The molecule has 1 aromatic heterocycles. The summed E-state index contributed by atoms with van der Waals surface area (Å²) in [6, 6.07) is 13.0. The summed E-state index contributed by atoms with van der Waals surface area (Å²) in [7, 11) is -3.37. The van der Waals surface area contributed by atoms with E-state index in [1.54, 1.807) is 12.1 Å². The molecular formula is C21H26O4Si2. The quantitative estimate of drug-likeness (QED) is 0.503. The number of hydrogen-bond acceptors (Lipinski definition) is 4. The molecule has 0 aliphatic heterocycles. The van der Waals surface area contributed by atoms with Crippen molar-refractivity contribution in [2.75, 3.05) is 0 Å². The summed E-state index contributed by atoms with van der Waals surface area (Å²) in [6.45, 7) is 12.8. The van der Waals surface area contributed by atoms with E-state index in [1.807, 2.05) is 30.3 Å². The normalized spacial score (nSPS) is 12.2. The Morgan fingerprint density at radius 3 is 1.93 bits per heavy atom. The average Bonchev–Trinajstić information content (AvgIpc) is 2.53. The van der Waals surface area contributed by atoms with Gasteiger partial charge in [-0.25, -0.2) is 0 Å². The van der Waals surface area contributed by atoms with Gasteiger partial charge in [0.05, 0.1) is 10.9 Å². The summed E-state index contributed by atoms with van der Waals surface area (Å²) in [6.07, 6.45) is 1.53. The summed E-state index contributed by atoms with van der Waals surface area (Å²) in [4.78, 5) is 12.9. The number of benzene rings is 2. The van der Waals surface area contributed by atoms with E-state index in [2.05, 4.69) is 39.3 Å².